The van der Waals surface area contributed by atoms with E-state index in [1.165, 1.54) is 17.9 Å². The van der Waals surface area contributed by atoms with E-state index in [9.17, 15) is 9.59 Å². The first-order valence-electron chi connectivity index (χ1n) is 7.52. The number of rotatable bonds is 5. The van der Waals surface area contributed by atoms with Crippen molar-refractivity contribution in [3.05, 3.63) is 51.9 Å². The summed E-state index contributed by atoms with van der Waals surface area (Å²) in [6.07, 6.45) is 0.797. The summed E-state index contributed by atoms with van der Waals surface area (Å²) in [6, 6.07) is 8.62. The SMILES string of the molecule is CCC(C)NC(=O)c1nn(-c2ccc(C)cc2)c(=O)cc1OC. The molecule has 0 bridgehead atoms. The van der Waals surface area contributed by atoms with E-state index in [2.05, 4.69) is 10.4 Å². The van der Waals surface area contributed by atoms with Crippen molar-refractivity contribution in [1.29, 1.82) is 0 Å². The van der Waals surface area contributed by atoms with Crippen LogP contribution in [0.15, 0.2) is 35.1 Å². The van der Waals surface area contributed by atoms with Crippen LogP contribution in [0.4, 0.5) is 0 Å². The maximum Gasteiger partial charge on any atom is 0.275 e. The lowest BCUT2D eigenvalue weighted by molar-refractivity contribution is 0.0928. The molecule has 6 heteroatoms. The molecule has 6 nitrogen and oxygen atoms in total. The van der Waals surface area contributed by atoms with E-state index in [1.54, 1.807) is 12.1 Å². The highest BCUT2D eigenvalue weighted by Gasteiger charge is 2.19. The molecule has 0 aliphatic carbocycles. The van der Waals surface area contributed by atoms with Gasteiger partial charge in [-0.1, -0.05) is 24.6 Å². The van der Waals surface area contributed by atoms with Crippen LogP contribution in [0.2, 0.25) is 0 Å². The lowest BCUT2D eigenvalue weighted by Crippen LogP contribution is -2.34. The van der Waals surface area contributed by atoms with Gasteiger partial charge < -0.3 is 10.1 Å². The molecule has 1 N–H and O–H groups in total. The average molecular weight is 315 g/mol. The zero-order valence-corrected chi connectivity index (χ0v) is 13.8. The Balaban J connectivity index is 2.49. The molecule has 1 heterocycles. The molecule has 1 aromatic carbocycles. The number of methoxy groups -OCH3 is 1. The minimum Gasteiger partial charge on any atom is -0.494 e. The molecule has 122 valence electrons. The summed E-state index contributed by atoms with van der Waals surface area (Å²) in [6.45, 7) is 5.84. The van der Waals surface area contributed by atoms with Gasteiger partial charge in [-0.05, 0) is 32.4 Å². The van der Waals surface area contributed by atoms with Gasteiger partial charge in [0.2, 0.25) is 0 Å². The minimum atomic E-state index is -0.364. The normalized spacial score (nSPS) is 11.8. The van der Waals surface area contributed by atoms with Crippen molar-refractivity contribution in [2.75, 3.05) is 7.11 Å². The summed E-state index contributed by atoms with van der Waals surface area (Å²) >= 11 is 0. The first-order chi connectivity index (χ1) is 11.0. The van der Waals surface area contributed by atoms with Crippen LogP contribution < -0.4 is 15.6 Å². The van der Waals surface area contributed by atoms with Crippen LogP contribution in [-0.2, 0) is 0 Å². The first-order valence-corrected chi connectivity index (χ1v) is 7.52. The van der Waals surface area contributed by atoms with Crippen LogP contribution in [0.3, 0.4) is 0 Å². The van der Waals surface area contributed by atoms with E-state index in [0.29, 0.717) is 5.69 Å². The topological polar surface area (TPSA) is 73.2 Å². The molecule has 2 rings (SSSR count). The Bertz CT molecular complexity index is 751. The summed E-state index contributed by atoms with van der Waals surface area (Å²) in [5.74, 6) is -0.198. The predicted octanol–water partition coefficient (Wildman–Crippen LogP) is 2.08. The molecule has 1 aromatic heterocycles. The third-order valence-electron chi connectivity index (χ3n) is 3.60. The molecule has 0 saturated heterocycles. The van der Waals surface area contributed by atoms with Gasteiger partial charge in [0.1, 0.15) is 0 Å². The Labute approximate surface area is 135 Å². The van der Waals surface area contributed by atoms with Crippen molar-refractivity contribution < 1.29 is 9.53 Å². The second kappa shape index (κ2) is 7.09. The van der Waals surface area contributed by atoms with E-state index in [-0.39, 0.29) is 29.0 Å². The van der Waals surface area contributed by atoms with Crippen molar-refractivity contribution in [3.63, 3.8) is 0 Å². The number of ether oxygens (including phenoxy) is 1. The van der Waals surface area contributed by atoms with Gasteiger partial charge in [-0.15, -0.1) is 0 Å². The van der Waals surface area contributed by atoms with Gasteiger partial charge in [0, 0.05) is 6.04 Å². The minimum absolute atomic E-state index is 0.00811. The molecular formula is C17H21N3O3. The fourth-order valence-electron chi connectivity index (χ4n) is 2.02. The second-order valence-corrected chi connectivity index (χ2v) is 5.43. The van der Waals surface area contributed by atoms with Crippen molar-refractivity contribution in [2.24, 2.45) is 0 Å². The molecule has 0 aliphatic heterocycles. The van der Waals surface area contributed by atoms with Gasteiger partial charge in [-0.2, -0.15) is 9.78 Å². The van der Waals surface area contributed by atoms with Gasteiger partial charge >= 0.3 is 0 Å². The third-order valence-corrected chi connectivity index (χ3v) is 3.60. The number of aryl methyl sites for hydroxylation is 1. The summed E-state index contributed by atoms with van der Waals surface area (Å²) in [4.78, 5) is 24.6. The number of carbonyl (C=O) groups is 1. The van der Waals surface area contributed by atoms with Crippen molar-refractivity contribution in [2.45, 2.75) is 33.2 Å². The predicted molar refractivity (Wildman–Crippen MR) is 88.3 cm³/mol. The molecule has 1 amide bonds. The van der Waals surface area contributed by atoms with E-state index >= 15 is 0 Å². The van der Waals surface area contributed by atoms with Crippen LogP contribution in [0.25, 0.3) is 5.69 Å². The zero-order chi connectivity index (χ0) is 17.0. The van der Waals surface area contributed by atoms with Crippen LogP contribution in [0.5, 0.6) is 5.75 Å². The highest BCUT2D eigenvalue weighted by Crippen LogP contribution is 2.15. The molecule has 1 atom stereocenters. The van der Waals surface area contributed by atoms with Gasteiger partial charge in [0.05, 0.1) is 18.9 Å². The van der Waals surface area contributed by atoms with Crippen LogP contribution in [0.1, 0.15) is 36.3 Å². The number of benzene rings is 1. The maximum atomic E-state index is 12.4. The van der Waals surface area contributed by atoms with Crippen molar-refractivity contribution in [3.8, 4) is 11.4 Å². The smallest absolute Gasteiger partial charge is 0.275 e. The average Bonchev–Trinajstić information content (AvgIpc) is 2.55. The lowest BCUT2D eigenvalue weighted by atomic mass is 10.2. The maximum absolute atomic E-state index is 12.4. The second-order valence-electron chi connectivity index (χ2n) is 5.43. The Morgan fingerprint density at radius 3 is 2.57 bits per heavy atom. The van der Waals surface area contributed by atoms with E-state index < -0.39 is 0 Å². The largest absolute Gasteiger partial charge is 0.494 e. The monoisotopic (exact) mass is 315 g/mol. The number of amides is 1. The fraction of sp³-hybridized carbons (Fsp3) is 0.353. The standard InChI is InChI=1S/C17H21N3O3/c1-5-12(3)18-17(22)16-14(23-4)10-15(21)20(19-16)13-8-6-11(2)7-9-13/h6-10,12H,5H2,1-4H3,(H,18,22). The number of hydrogen-bond acceptors (Lipinski definition) is 4. The zero-order valence-electron chi connectivity index (χ0n) is 13.8. The summed E-state index contributed by atoms with van der Waals surface area (Å²) in [7, 11) is 1.41. The third kappa shape index (κ3) is 3.77. The van der Waals surface area contributed by atoms with Gasteiger partial charge in [-0.25, -0.2) is 0 Å². The van der Waals surface area contributed by atoms with E-state index in [1.807, 2.05) is 32.9 Å². The molecule has 0 spiro atoms. The molecule has 0 saturated carbocycles. The highest BCUT2D eigenvalue weighted by molar-refractivity contribution is 5.94. The van der Waals surface area contributed by atoms with Gasteiger partial charge in [-0.3, -0.25) is 9.59 Å². The number of aromatic nitrogens is 2. The van der Waals surface area contributed by atoms with Crippen molar-refractivity contribution >= 4 is 5.91 Å². The van der Waals surface area contributed by atoms with Crippen LogP contribution in [0, 0.1) is 6.92 Å². The Morgan fingerprint density at radius 2 is 2.00 bits per heavy atom. The fourth-order valence-corrected chi connectivity index (χ4v) is 2.02. The molecule has 0 fully saturated rings. The van der Waals surface area contributed by atoms with Gasteiger partial charge in [0.25, 0.3) is 11.5 Å². The summed E-state index contributed by atoms with van der Waals surface area (Å²) in [5, 5.41) is 7.03. The first kappa shape index (κ1) is 16.7. The number of carbonyl (C=O) groups excluding carboxylic acids is 1. The quantitative estimate of drug-likeness (QED) is 0.917. The Hall–Kier alpha value is -2.63. The van der Waals surface area contributed by atoms with Crippen LogP contribution >= 0.6 is 0 Å². The summed E-state index contributed by atoms with van der Waals surface area (Å²) in [5.41, 5.74) is 1.41. The highest BCUT2D eigenvalue weighted by atomic mass is 16.5. The Morgan fingerprint density at radius 1 is 1.35 bits per heavy atom. The Kier molecular flexibility index (Phi) is 5.16. The number of nitrogens with one attached hydrogen (secondary N) is 1. The van der Waals surface area contributed by atoms with Crippen molar-refractivity contribution in [1.82, 2.24) is 15.1 Å². The number of hydrogen-bond donors (Lipinski definition) is 1. The lowest BCUT2D eigenvalue weighted by Gasteiger charge is -2.14. The van der Waals surface area contributed by atoms with Gasteiger partial charge in [0.15, 0.2) is 11.4 Å². The van der Waals surface area contributed by atoms with Crippen LogP contribution in [-0.4, -0.2) is 28.8 Å². The van der Waals surface area contributed by atoms with E-state index in [4.69, 9.17) is 4.74 Å². The molecule has 0 aliphatic rings. The number of nitrogens with zero attached hydrogens (tertiary/aromatic N) is 2. The molecular weight excluding hydrogens is 294 g/mol. The molecule has 0 radical (unpaired) electrons. The molecule has 2 aromatic rings. The molecule has 23 heavy (non-hydrogen) atoms. The molecule has 1 unspecified atom stereocenters. The summed E-state index contributed by atoms with van der Waals surface area (Å²) < 4.78 is 6.34. The van der Waals surface area contributed by atoms with E-state index in [0.717, 1.165) is 12.0 Å².